The van der Waals surface area contributed by atoms with E-state index < -0.39 is 0 Å². The van der Waals surface area contributed by atoms with E-state index in [1.807, 2.05) is 6.92 Å². The minimum Gasteiger partial charge on any atom is -0.392 e. The average molecular weight is 195 g/mol. The largest absolute Gasteiger partial charge is 0.392 e. The van der Waals surface area contributed by atoms with Crippen molar-refractivity contribution < 1.29 is 5.11 Å². The lowest BCUT2D eigenvalue weighted by Gasteiger charge is -2.19. The van der Waals surface area contributed by atoms with Crippen LogP contribution in [0.25, 0.3) is 0 Å². The lowest BCUT2D eigenvalue weighted by Crippen LogP contribution is -2.39. The fraction of sp³-hybridized carbons (Fsp3) is 1.00. The maximum absolute atomic E-state index is 9.45. The zero-order chi connectivity index (χ0) is 9.87. The number of rotatable bonds is 3. The van der Waals surface area contributed by atoms with Crippen LogP contribution in [-0.2, 0) is 0 Å². The van der Waals surface area contributed by atoms with Gasteiger partial charge >= 0.3 is 0 Å². The molecule has 3 aliphatic rings. The Morgan fingerprint density at radius 1 is 1.14 bits per heavy atom. The first-order valence-electron chi connectivity index (χ1n) is 6.12. The summed E-state index contributed by atoms with van der Waals surface area (Å²) in [6, 6.07) is 1.02. The first-order valence-corrected chi connectivity index (χ1v) is 6.12. The first kappa shape index (κ1) is 9.17. The van der Waals surface area contributed by atoms with Gasteiger partial charge in [0.15, 0.2) is 0 Å². The Hall–Kier alpha value is -0.0800. The molecule has 3 aliphatic carbocycles. The lowest BCUT2D eigenvalue weighted by molar-refractivity contribution is 0.148. The Morgan fingerprint density at radius 3 is 2.21 bits per heavy atom. The summed E-state index contributed by atoms with van der Waals surface area (Å²) >= 11 is 0. The summed E-state index contributed by atoms with van der Waals surface area (Å²) in [6.07, 6.45) is 4.26. The predicted molar refractivity (Wildman–Crippen MR) is 55.9 cm³/mol. The van der Waals surface area contributed by atoms with Crippen LogP contribution in [0.5, 0.6) is 0 Å². The average Bonchev–Trinajstić information content (AvgIpc) is 2.59. The highest BCUT2D eigenvalue weighted by atomic mass is 16.3. The Kier molecular flexibility index (Phi) is 1.94. The van der Waals surface area contributed by atoms with E-state index in [0.717, 1.165) is 29.7 Å². The van der Waals surface area contributed by atoms with Gasteiger partial charge in [0, 0.05) is 12.1 Å². The standard InChI is InChI=1S/C12H21NO/c1-6(7(2)14)13-12-10-8-3-4-9(5-8)11(10)12/h6-14H,3-5H2,1-2H3. The third-order valence-electron chi connectivity index (χ3n) is 4.91. The highest BCUT2D eigenvalue weighted by Gasteiger charge is 2.64. The highest BCUT2D eigenvalue weighted by Crippen LogP contribution is 2.65. The molecule has 2 bridgehead atoms. The Bertz CT molecular complexity index is 224. The maximum atomic E-state index is 9.45. The third-order valence-corrected chi connectivity index (χ3v) is 4.91. The fourth-order valence-electron chi connectivity index (χ4n) is 3.99. The van der Waals surface area contributed by atoms with Gasteiger partial charge in [-0.2, -0.15) is 0 Å². The summed E-state index contributed by atoms with van der Waals surface area (Å²) in [5.41, 5.74) is 0. The molecule has 80 valence electrons. The van der Waals surface area contributed by atoms with E-state index in [1.54, 1.807) is 0 Å². The molecule has 2 N–H and O–H groups in total. The predicted octanol–water partition coefficient (Wildman–Crippen LogP) is 1.39. The number of aliphatic hydroxyl groups excluding tert-OH is 1. The summed E-state index contributed by atoms with van der Waals surface area (Å²) in [7, 11) is 0. The smallest absolute Gasteiger partial charge is 0.0662 e. The highest BCUT2D eigenvalue weighted by molar-refractivity contribution is 5.17. The summed E-state index contributed by atoms with van der Waals surface area (Å²) < 4.78 is 0. The molecular formula is C12H21NO. The van der Waals surface area contributed by atoms with Gasteiger partial charge in [0.1, 0.15) is 0 Å². The van der Waals surface area contributed by atoms with Crippen LogP contribution in [-0.4, -0.2) is 23.3 Å². The quantitative estimate of drug-likeness (QED) is 0.713. The molecule has 0 radical (unpaired) electrons. The molecule has 0 amide bonds. The molecule has 3 rings (SSSR count). The van der Waals surface area contributed by atoms with Gasteiger partial charge in [0.2, 0.25) is 0 Å². The van der Waals surface area contributed by atoms with Crippen molar-refractivity contribution in [2.24, 2.45) is 23.7 Å². The Morgan fingerprint density at radius 2 is 1.71 bits per heavy atom. The third kappa shape index (κ3) is 1.17. The van der Waals surface area contributed by atoms with Gasteiger partial charge < -0.3 is 10.4 Å². The molecule has 3 fully saturated rings. The van der Waals surface area contributed by atoms with E-state index >= 15 is 0 Å². The molecule has 2 heteroatoms. The SMILES string of the molecule is CC(O)C(C)NC1C2C3CCC(C3)C12. The molecule has 0 aromatic carbocycles. The molecule has 0 spiro atoms. The van der Waals surface area contributed by atoms with Gasteiger partial charge in [-0.25, -0.2) is 0 Å². The van der Waals surface area contributed by atoms with Gasteiger partial charge in [-0.3, -0.25) is 0 Å². The summed E-state index contributed by atoms with van der Waals surface area (Å²) in [6.45, 7) is 3.98. The minimum absolute atomic E-state index is 0.214. The number of nitrogens with one attached hydrogen (secondary N) is 1. The van der Waals surface area contributed by atoms with Gasteiger partial charge in [0.25, 0.3) is 0 Å². The number of aliphatic hydroxyl groups is 1. The van der Waals surface area contributed by atoms with Crippen molar-refractivity contribution in [3.05, 3.63) is 0 Å². The van der Waals surface area contributed by atoms with Crippen molar-refractivity contribution in [2.45, 2.75) is 51.3 Å². The van der Waals surface area contributed by atoms with E-state index in [4.69, 9.17) is 0 Å². The second-order valence-electron chi connectivity index (χ2n) is 5.71. The zero-order valence-electron chi connectivity index (χ0n) is 9.11. The van der Waals surface area contributed by atoms with E-state index in [0.29, 0.717) is 0 Å². The van der Waals surface area contributed by atoms with Crippen LogP contribution >= 0.6 is 0 Å². The number of hydrogen-bond donors (Lipinski definition) is 2. The minimum atomic E-state index is -0.214. The molecule has 3 saturated carbocycles. The molecular weight excluding hydrogens is 174 g/mol. The van der Waals surface area contributed by atoms with Crippen LogP contribution < -0.4 is 5.32 Å². The van der Waals surface area contributed by atoms with Gasteiger partial charge in [-0.15, -0.1) is 0 Å². The van der Waals surface area contributed by atoms with Crippen LogP contribution in [0, 0.1) is 23.7 Å². The van der Waals surface area contributed by atoms with Crippen molar-refractivity contribution >= 4 is 0 Å². The molecule has 0 aromatic rings. The first-order chi connectivity index (χ1) is 6.68. The van der Waals surface area contributed by atoms with Crippen molar-refractivity contribution in [1.82, 2.24) is 5.32 Å². The van der Waals surface area contributed by atoms with Gasteiger partial charge in [0.05, 0.1) is 6.10 Å². The van der Waals surface area contributed by atoms with Gasteiger partial charge in [-0.05, 0) is 56.8 Å². The van der Waals surface area contributed by atoms with Crippen LogP contribution in [0.15, 0.2) is 0 Å². The summed E-state index contributed by atoms with van der Waals surface area (Å²) in [4.78, 5) is 0. The van der Waals surface area contributed by atoms with Crippen LogP contribution in [0.2, 0.25) is 0 Å². The summed E-state index contributed by atoms with van der Waals surface area (Å²) in [5, 5.41) is 13.1. The van der Waals surface area contributed by atoms with Crippen LogP contribution in [0.1, 0.15) is 33.1 Å². The molecule has 6 atom stereocenters. The van der Waals surface area contributed by atoms with Crippen LogP contribution in [0.3, 0.4) is 0 Å². The number of fused-ring (bicyclic) bond motifs is 5. The van der Waals surface area contributed by atoms with Crippen molar-refractivity contribution in [2.75, 3.05) is 0 Å². The number of hydrogen-bond acceptors (Lipinski definition) is 2. The Balaban J connectivity index is 1.59. The second-order valence-corrected chi connectivity index (χ2v) is 5.71. The monoisotopic (exact) mass is 195 g/mol. The zero-order valence-corrected chi connectivity index (χ0v) is 9.11. The molecule has 14 heavy (non-hydrogen) atoms. The molecule has 2 nitrogen and oxygen atoms in total. The maximum Gasteiger partial charge on any atom is 0.0662 e. The van der Waals surface area contributed by atoms with Crippen molar-refractivity contribution in [3.8, 4) is 0 Å². The molecule has 0 aliphatic heterocycles. The topological polar surface area (TPSA) is 32.3 Å². The van der Waals surface area contributed by atoms with Gasteiger partial charge in [-0.1, -0.05) is 0 Å². The van der Waals surface area contributed by atoms with E-state index in [-0.39, 0.29) is 12.1 Å². The second kappa shape index (κ2) is 2.96. The fourth-order valence-corrected chi connectivity index (χ4v) is 3.99. The molecule has 0 aromatic heterocycles. The molecule has 0 heterocycles. The van der Waals surface area contributed by atoms with Crippen molar-refractivity contribution in [3.63, 3.8) is 0 Å². The normalized spacial score (nSPS) is 52.9. The van der Waals surface area contributed by atoms with Crippen molar-refractivity contribution in [1.29, 1.82) is 0 Å². The Labute approximate surface area is 86.1 Å². The molecule has 6 unspecified atom stereocenters. The van der Waals surface area contributed by atoms with E-state index in [9.17, 15) is 5.11 Å². The summed E-state index contributed by atoms with van der Waals surface area (Å²) in [5.74, 6) is 4.03. The van der Waals surface area contributed by atoms with E-state index in [2.05, 4.69) is 12.2 Å². The molecule has 0 saturated heterocycles. The van der Waals surface area contributed by atoms with E-state index in [1.165, 1.54) is 19.3 Å². The van der Waals surface area contributed by atoms with Crippen LogP contribution in [0.4, 0.5) is 0 Å². The lowest BCUT2D eigenvalue weighted by atomic mass is 10.0.